The number of likely N-dealkylation sites (tertiary alicyclic amines) is 1. The van der Waals surface area contributed by atoms with Gasteiger partial charge in [0.15, 0.2) is 0 Å². The third kappa shape index (κ3) is 5.29. The average molecular weight is 373 g/mol. The Balaban J connectivity index is 0.00000192. The average Bonchev–Trinajstić information content (AvgIpc) is 2.54. The summed E-state index contributed by atoms with van der Waals surface area (Å²) >= 11 is 12.0. The van der Waals surface area contributed by atoms with Crippen LogP contribution in [0.5, 0.6) is 5.75 Å². The summed E-state index contributed by atoms with van der Waals surface area (Å²) in [5, 5.41) is 1.10. The second kappa shape index (κ2) is 8.79. The van der Waals surface area contributed by atoms with Gasteiger partial charge in [0.25, 0.3) is 0 Å². The lowest BCUT2D eigenvalue weighted by Gasteiger charge is -2.32. The van der Waals surface area contributed by atoms with Gasteiger partial charge in [-0.25, -0.2) is 0 Å². The number of ether oxygens (including phenoxy) is 1. The molecule has 2 aromatic carbocycles. The molecule has 0 bridgehead atoms. The van der Waals surface area contributed by atoms with E-state index in [2.05, 4.69) is 35.2 Å². The summed E-state index contributed by atoms with van der Waals surface area (Å²) < 4.78 is 6.02. The molecule has 0 aliphatic carbocycles. The Labute approximate surface area is 153 Å². The Hall–Kier alpha value is -0.930. The van der Waals surface area contributed by atoms with Crippen LogP contribution in [-0.4, -0.2) is 24.1 Å². The van der Waals surface area contributed by atoms with E-state index in [0.29, 0.717) is 10.0 Å². The normalized spacial score (nSPS) is 15.9. The summed E-state index contributed by atoms with van der Waals surface area (Å²) in [4.78, 5) is 2.48. The lowest BCUT2D eigenvalue weighted by Crippen LogP contribution is -2.37. The molecular weight excluding hydrogens is 353 g/mol. The Bertz CT molecular complexity index is 613. The van der Waals surface area contributed by atoms with E-state index in [4.69, 9.17) is 27.9 Å². The number of benzene rings is 2. The second-order valence-electron chi connectivity index (χ2n) is 5.65. The Kier molecular flexibility index (Phi) is 7.04. The number of nitrogens with zero attached hydrogens (tertiary/aromatic N) is 1. The molecule has 0 unspecified atom stereocenters. The van der Waals surface area contributed by atoms with Crippen LogP contribution in [0, 0.1) is 0 Å². The first-order valence-corrected chi connectivity index (χ1v) is 8.34. The van der Waals surface area contributed by atoms with E-state index in [9.17, 15) is 0 Å². The van der Waals surface area contributed by atoms with Crippen LogP contribution >= 0.6 is 35.6 Å². The number of hydrogen-bond donors (Lipinski definition) is 0. The van der Waals surface area contributed by atoms with Crippen molar-refractivity contribution in [3.63, 3.8) is 0 Å². The Morgan fingerprint density at radius 3 is 2.30 bits per heavy atom. The smallest absolute Gasteiger partial charge is 0.121 e. The predicted molar refractivity (Wildman–Crippen MR) is 99.1 cm³/mol. The van der Waals surface area contributed by atoms with Gasteiger partial charge in [-0.15, -0.1) is 12.4 Å². The standard InChI is InChI=1S/C18H19Cl2NO.ClH/c19-17-7-6-16(12-18(17)20)22-15-8-10-21(11-9-15)13-14-4-2-1-3-5-14;/h1-7,12,15H,8-11,13H2;1H. The van der Waals surface area contributed by atoms with E-state index < -0.39 is 0 Å². The zero-order valence-corrected chi connectivity index (χ0v) is 15.1. The summed E-state index contributed by atoms with van der Waals surface area (Å²) in [6.07, 6.45) is 2.32. The maximum atomic E-state index is 6.02. The van der Waals surface area contributed by atoms with Gasteiger partial charge in [-0.1, -0.05) is 53.5 Å². The fraction of sp³-hybridized carbons (Fsp3) is 0.333. The van der Waals surface area contributed by atoms with Crippen LogP contribution in [-0.2, 0) is 6.54 Å². The molecule has 0 aromatic heterocycles. The highest BCUT2D eigenvalue weighted by Gasteiger charge is 2.20. The van der Waals surface area contributed by atoms with Gasteiger partial charge in [0, 0.05) is 25.7 Å². The summed E-state index contributed by atoms with van der Waals surface area (Å²) in [7, 11) is 0. The Morgan fingerprint density at radius 1 is 0.957 bits per heavy atom. The fourth-order valence-electron chi connectivity index (χ4n) is 2.77. The van der Waals surface area contributed by atoms with Gasteiger partial charge in [-0.2, -0.15) is 0 Å². The monoisotopic (exact) mass is 371 g/mol. The minimum Gasteiger partial charge on any atom is -0.490 e. The first-order chi connectivity index (χ1) is 10.7. The van der Waals surface area contributed by atoms with Crippen molar-refractivity contribution in [1.82, 2.24) is 4.90 Å². The summed E-state index contributed by atoms with van der Waals surface area (Å²) in [6.45, 7) is 3.13. The fourth-order valence-corrected chi connectivity index (χ4v) is 3.06. The van der Waals surface area contributed by atoms with Gasteiger partial charge in [0.2, 0.25) is 0 Å². The summed E-state index contributed by atoms with van der Waals surface area (Å²) in [5.41, 5.74) is 1.37. The molecule has 1 aliphatic rings. The van der Waals surface area contributed by atoms with Crippen molar-refractivity contribution in [3.8, 4) is 5.75 Å². The van der Waals surface area contributed by atoms with E-state index in [1.165, 1.54) is 5.56 Å². The van der Waals surface area contributed by atoms with Crippen LogP contribution in [0.2, 0.25) is 10.0 Å². The van der Waals surface area contributed by atoms with Gasteiger partial charge < -0.3 is 4.74 Å². The highest BCUT2D eigenvalue weighted by atomic mass is 35.5. The van der Waals surface area contributed by atoms with Crippen molar-refractivity contribution in [2.24, 2.45) is 0 Å². The molecule has 1 fully saturated rings. The summed E-state index contributed by atoms with van der Waals surface area (Å²) in [5.74, 6) is 0.802. The van der Waals surface area contributed by atoms with Gasteiger partial charge in [0.05, 0.1) is 10.0 Å². The quantitative estimate of drug-likeness (QED) is 0.706. The van der Waals surface area contributed by atoms with Crippen LogP contribution in [0.1, 0.15) is 18.4 Å². The molecule has 5 heteroatoms. The molecule has 0 N–H and O–H groups in total. The van der Waals surface area contributed by atoms with Crippen LogP contribution in [0.15, 0.2) is 48.5 Å². The molecule has 0 radical (unpaired) electrons. The predicted octanol–water partition coefficient (Wildman–Crippen LogP) is 5.46. The molecule has 23 heavy (non-hydrogen) atoms. The maximum Gasteiger partial charge on any atom is 0.121 e. The molecule has 2 nitrogen and oxygen atoms in total. The maximum absolute atomic E-state index is 6.02. The van der Waals surface area contributed by atoms with Gasteiger partial charge in [-0.05, 0) is 30.5 Å². The van der Waals surface area contributed by atoms with Crippen molar-refractivity contribution < 1.29 is 4.74 Å². The van der Waals surface area contributed by atoms with E-state index >= 15 is 0 Å². The lowest BCUT2D eigenvalue weighted by atomic mass is 10.1. The molecular formula is C18H20Cl3NO. The lowest BCUT2D eigenvalue weighted by molar-refractivity contribution is 0.0968. The molecule has 124 valence electrons. The minimum absolute atomic E-state index is 0. The molecule has 1 saturated heterocycles. The molecule has 3 rings (SSSR count). The highest BCUT2D eigenvalue weighted by Crippen LogP contribution is 2.28. The van der Waals surface area contributed by atoms with E-state index in [0.717, 1.165) is 38.2 Å². The second-order valence-corrected chi connectivity index (χ2v) is 6.47. The minimum atomic E-state index is 0. The highest BCUT2D eigenvalue weighted by molar-refractivity contribution is 6.42. The number of hydrogen-bond acceptors (Lipinski definition) is 2. The summed E-state index contributed by atoms with van der Waals surface area (Å²) in [6, 6.07) is 16.1. The van der Waals surface area contributed by atoms with E-state index in [-0.39, 0.29) is 18.5 Å². The molecule has 1 aliphatic heterocycles. The molecule has 0 atom stereocenters. The van der Waals surface area contributed by atoms with Crippen molar-refractivity contribution in [2.45, 2.75) is 25.5 Å². The van der Waals surface area contributed by atoms with Crippen molar-refractivity contribution in [3.05, 3.63) is 64.1 Å². The zero-order chi connectivity index (χ0) is 15.4. The molecule has 0 spiro atoms. The largest absolute Gasteiger partial charge is 0.490 e. The number of piperidine rings is 1. The first-order valence-electron chi connectivity index (χ1n) is 7.59. The van der Waals surface area contributed by atoms with Crippen molar-refractivity contribution >= 4 is 35.6 Å². The molecule has 1 heterocycles. The topological polar surface area (TPSA) is 12.5 Å². The van der Waals surface area contributed by atoms with Gasteiger partial charge >= 0.3 is 0 Å². The Morgan fingerprint density at radius 2 is 1.65 bits per heavy atom. The SMILES string of the molecule is Cl.Clc1ccc(OC2CCN(Cc3ccccc3)CC2)cc1Cl. The third-order valence-electron chi connectivity index (χ3n) is 3.98. The van der Waals surface area contributed by atoms with Gasteiger partial charge in [-0.3, -0.25) is 4.90 Å². The zero-order valence-electron chi connectivity index (χ0n) is 12.8. The van der Waals surface area contributed by atoms with Crippen LogP contribution in [0.4, 0.5) is 0 Å². The molecule has 0 amide bonds. The molecule has 2 aromatic rings. The van der Waals surface area contributed by atoms with E-state index in [1.807, 2.05) is 6.07 Å². The third-order valence-corrected chi connectivity index (χ3v) is 4.72. The molecule has 0 saturated carbocycles. The van der Waals surface area contributed by atoms with Gasteiger partial charge in [0.1, 0.15) is 11.9 Å². The number of halogens is 3. The number of rotatable bonds is 4. The first kappa shape index (κ1) is 18.4. The van der Waals surface area contributed by atoms with E-state index in [1.54, 1.807) is 12.1 Å². The van der Waals surface area contributed by atoms with Crippen LogP contribution in [0.3, 0.4) is 0 Å². The van der Waals surface area contributed by atoms with Crippen molar-refractivity contribution in [2.75, 3.05) is 13.1 Å². The van der Waals surface area contributed by atoms with Crippen molar-refractivity contribution in [1.29, 1.82) is 0 Å². The van der Waals surface area contributed by atoms with Crippen LogP contribution < -0.4 is 4.74 Å². The van der Waals surface area contributed by atoms with Crippen LogP contribution in [0.25, 0.3) is 0 Å².